The summed E-state index contributed by atoms with van der Waals surface area (Å²) < 4.78 is 13.2. The van der Waals surface area contributed by atoms with Crippen LogP contribution in [0.2, 0.25) is 0 Å². The van der Waals surface area contributed by atoms with Crippen LogP contribution in [0, 0.1) is 5.82 Å². The highest BCUT2D eigenvalue weighted by molar-refractivity contribution is 5.91. The van der Waals surface area contributed by atoms with Gasteiger partial charge < -0.3 is 15.6 Å². The van der Waals surface area contributed by atoms with Crippen molar-refractivity contribution < 1.29 is 9.18 Å². The summed E-state index contributed by atoms with van der Waals surface area (Å²) in [6, 6.07) is 17.9. The van der Waals surface area contributed by atoms with Gasteiger partial charge in [0.1, 0.15) is 11.6 Å². The van der Waals surface area contributed by atoms with Crippen LogP contribution in [0.4, 0.5) is 15.9 Å². The molecule has 0 radical (unpaired) electrons. The molecule has 0 fully saturated rings. The average molecular weight is 388 g/mol. The minimum absolute atomic E-state index is 0.101. The first-order valence-electron chi connectivity index (χ1n) is 9.46. The number of carbonyl (C=O) groups is 1. The van der Waals surface area contributed by atoms with Crippen molar-refractivity contribution in [3.63, 3.8) is 0 Å². The van der Waals surface area contributed by atoms with E-state index in [4.69, 9.17) is 0 Å². The maximum absolute atomic E-state index is 13.2. The zero-order valence-corrected chi connectivity index (χ0v) is 15.8. The van der Waals surface area contributed by atoms with Gasteiger partial charge in [0.2, 0.25) is 5.91 Å². The lowest BCUT2D eigenvalue weighted by molar-refractivity contribution is -0.115. The molecule has 0 aliphatic heterocycles. The monoisotopic (exact) mass is 388 g/mol. The molecular formula is C23H21FN4O. The average Bonchev–Trinajstić information content (AvgIpc) is 3.12. The molecular weight excluding hydrogens is 367 g/mol. The molecule has 146 valence electrons. The first kappa shape index (κ1) is 18.7. The molecule has 0 spiro atoms. The number of nitrogens with one attached hydrogen (secondary N) is 3. The highest BCUT2D eigenvalue weighted by atomic mass is 19.1. The summed E-state index contributed by atoms with van der Waals surface area (Å²) in [7, 11) is 0. The lowest BCUT2D eigenvalue weighted by atomic mass is 10.1. The molecule has 2 aromatic heterocycles. The lowest BCUT2D eigenvalue weighted by Gasteiger charge is -2.08. The Bertz CT molecular complexity index is 1120. The standard InChI is InChI=1S/C23H21FN4O/c24-18-5-3-4-16(12-18)13-23(29)28-22-9-8-19(15-27-22)25-11-10-17-14-26-21-7-2-1-6-20(17)21/h1-9,12,14-15,25-26H,10-11,13H2,(H,27,28,29). The molecule has 4 aromatic rings. The molecule has 29 heavy (non-hydrogen) atoms. The molecule has 0 atom stereocenters. The predicted molar refractivity (Wildman–Crippen MR) is 113 cm³/mol. The van der Waals surface area contributed by atoms with E-state index in [0.717, 1.165) is 24.2 Å². The van der Waals surface area contributed by atoms with Gasteiger partial charge in [0.25, 0.3) is 0 Å². The van der Waals surface area contributed by atoms with E-state index in [1.807, 2.05) is 24.4 Å². The number of hydrogen-bond acceptors (Lipinski definition) is 3. The van der Waals surface area contributed by atoms with Gasteiger partial charge >= 0.3 is 0 Å². The Morgan fingerprint density at radius 3 is 2.79 bits per heavy atom. The van der Waals surface area contributed by atoms with E-state index in [9.17, 15) is 9.18 Å². The maximum atomic E-state index is 13.2. The Morgan fingerprint density at radius 1 is 1.07 bits per heavy atom. The molecule has 0 aliphatic rings. The van der Waals surface area contributed by atoms with E-state index < -0.39 is 0 Å². The van der Waals surface area contributed by atoms with E-state index in [-0.39, 0.29) is 18.1 Å². The fourth-order valence-electron chi connectivity index (χ4n) is 3.27. The number of hydrogen-bond donors (Lipinski definition) is 3. The fourth-order valence-corrected chi connectivity index (χ4v) is 3.27. The number of para-hydroxylation sites is 1. The number of nitrogens with zero attached hydrogens (tertiary/aromatic N) is 1. The number of halogens is 1. The molecule has 2 aromatic carbocycles. The fraction of sp³-hybridized carbons (Fsp3) is 0.130. The molecule has 1 amide bonds. The molecule has 6 heteroatoms. The van der Waals surface area contributed by atoms with Crippen molar-refractivity contribution in [2.45, 2.75) is 12.8 Å². The third kappa shape index (κ3) is 4.79. The minimum atomic E-state index is -0.350. The van der Waals surface area contributed by atoms with Gasteiger partial charge in [0.15, 0.2) is 0 Å². The lowest BCUT2D eigenvalue weighted by Crippen LogP contribution is -2.15. The number of amides is 1. The molecule has 0 saturated heterocycles. The van der Waals surface area contributed by atoms with Gasteiger partial charge in [0, 0.05) is 23.6 Å². The van der Waals surface area contributed by atoms with E-state index in [1.165, 1.54) is 23.1 Å². The van der Waals surface area contributed by atoms with E-state index >= 15 is 0 Å². The van der Waals surface area contributed by atoms with Crippen LogP contribution in [0.25, 0.3) is 10.9 Å². The molecule has 0 saturated carbocycles. The summed E-state index contributed by atoms with van der Waals surface area (Å²) in [4.78, 5) is 19.6. The number of H-pyrrole nitrogens is 1. The molecule has 0 bridgehead atoms. The van der Waals surface area contributed by atoms with E-state index in [1.54, 1.807) is 24.4 Å². The van der Waals surface area contributed by atoms with Crippen LogP contribution in [0.3, 0.4) is 0 Å². The van der Waals surface area contributed by atoms with Gasteiger partial charge in [0.05, 0.1) is 18.3 Å². The Hall–Kier alpha value is -3.67. The third-order valence-electron chi connectivity index (χ3n) is 4.68. The summed E-state index contributed by atoms with van der Waals surface area (Å²) in [6.45, 7) is 0.773. The topological polar surface area (TPSA) is 69.8 Å². The third-order valence-corrected chi connectivity index (χ3v) is 4.68. The largest absolute Gasteiger partial charge is 0.383 e. The molecule has 2 heterocycles. The van der Waals surface area contributed by atoms with Gasteiger partial charge in [-0.05, 0) is 47.9 Å². The van der Waals surface area contributed by atoms with Crippen LogP contribution in [0.15, 0.2) is 73.1 Å². The normalized spacial score (nSPS) is 10.8. The van der Waals surface area contributed by atoms with E-state index in [0.29, 0.717) is 11.4 Å². The summed E-state index contributed by atoms with van der Waals surface area (Å²) in [5.74, 6) is -0.117. The molecule has 0 unspecified atom stereocenters. The van der Waals surface area contributed by atoms with Crippen molar-refractivity contribution >= 4 is 28.3 Å². The summed E-state index contributed by atoms with van der Waals surface area (Å²) in [6.07, 6.45) is 4.72. The number of fused-ring (bicyclic) bond motifs is 1. The predicted octanol–water partition coefficient (Wildman–Crippen LogP) is 4.54. The number of benzene rings is 2. The van der Waals surface area contributed by atoms with Crippen LogP contribution in [-0.2, 0) is 17.6 Å². The Morgan fingerprint density at radius 2 is 1.97 bits per heavy atom. The van der Waals surface area contributed by atoms with Crippen molar-refractivity contribution in [2.75, 3.05) is 17.2 Å². The first-order valence-corrected chi connectivity index (χ1v) is 9.46. The second kappa shape index (κ2) is 8.56. The van der Waals surface area contributed by atoms with Crippen LogP contribution in [0.1, 0.15) is 11.1 Å². The first-order chi connectivity index (χ1) is 14.2. The van der Waals surface area contributed by atoms with Crippen molar-refractivity contribution in [1.82, 2.24) is 9.97 Å². The van der Waals surface area contributed by atoms with Gasteiger partial charge in [-0.25, -0.2) is 9.37 Å². The number of aromatic amines is 1. The molecule has 3 N–H and O–H groups in total. The smallest absolute Gasteiger partial charge is 0.229 e. The van der Waals surface area contributed by atoms with Gasteiger partial charge in [-0.2, -0.15) is 0 Å². The summed E-state index contributed by atoms with van der Waals surface area (Å²) >= 11 is 0. The minimum Gasteiger partial charge on any atom is -0.383 e. The Kier molecular flexibility index (Phi) is 5.52. The van der Waals surface area contributed by atoms with Crippen LogP contribution in [-0.4, -0.2) is 22.4 Å². The maximum Gasteiger partial charge on any atom is 0.229 e. The zero-order chi connectivity index (χ0) is 20.1. The molecule has 5 nitrogen and oxygen atoms in total. The van der Waals surface area contributed by atoms with Crippen LogP contribution in [0.5, 0.6) is 0 Å². The van der Waals surface area contributed by atoms with Gasteiger partial charge in [-0.1, -0.05) is 30.3 Å². The van der Waals surface area contributed by atoms with E-state index in [2.05, 4.69) is 32.7 Å². The quantitative estimate of drug-likeness (QED) is 0.435. The number of carbonyl (C=O) groups excluding carboxylic acids is 1. The number of pyridine rings is 1. The molecule has 0 aliphatic carbocycles. The highest BCUT2D eigenvalue weighted by Gasteiger charge is 2.06. The van der Waals surface area contributed by atoms with Gasteiger partial charge in [-0.15, -0.1) is 0 Å². The highest BCUT2D eigenvalue weighted by Crippen LogP contribution is 2.18. The Balaban J connectivity index is 1.28. The van der Waals surface area contributed by atoms with Crippen molar-refractivity contribution in [2.24, 2.45) is 0 Å². The van der Waals surface area contributed by atoms with Gasteiger partial charge in [-0.3, -0.25) is 4.79 Å². The molecule has 4 rings (SSSR count). The van der Waals surface area contributed by atoms with Crippen molar-refractivity contribution in [1.29, 1.82) is 0 Å². The Labute approximate surface area is 168 Å². The van der Waals surface area contributed by atoms with Crippen LogP contribution >= 0.6 is 0 Å². The number of aromatic nitrogens is 2. The summed E-state index contributed by atoms with van der Waals surface area (Å²) in [5, 5.41) is 7.31. The SMILES string of the molecule is O=C(Cc1cccc(F)c1)Nc1ccc(NCCc2c[nH]c3ccccc23)cn1. The van der Waals surface area contributed by atoms with Crippen molar-refractivity contribution in [3.05, 3.63) is 90.0 Å². The van der Waals surface area contributed by atoms with Crippen LogP contribution < -0.4 is 10.6 Å². The van der Waals surface area contributed by atoms with Crippen molar-refractivity contribution in [3.8, 4) is 0 Å². The number of anilines is 2. The number of rotatable bonds is 7. The second-order valence-corrected chi connectivity index (χ2v) is 6.82. The second-order valence-electron chi connectivity index (χ2n) is 6.82. The summed E-state index contributed by atoms with van der Waals surface area (Å²) in [5.41, 5.74) is 3.91. The zero-order valence-electron chi connectivity index (χ0n) is 15.8.